The third kappa shape index (κ3) is 8.04. The van der Waals surface area contributed by atoms with Gasteiger partial charge in [0.05, 0.1) is 13.2 Å². The van der Waals surface area contributed by atoms with Crippen LogP contribution in [-0.4, -0.2) is 42.2 Å². The van der Waals surface area contributed by atoms with Crippen molar-refractivity contribution in [3.63, 3.8) is 0 Å². The Morgan fingerprint density at radius 1 is 1.02 bits per heavy atom. The van der Waals surface area contributed by atoms with Crippen molar-refractivity contribution in [1.82, 2.24) is 10.9 Å². The molecule has 5 rings (SSSR count). The SMILES string of the molecule is [N-]=[N+]=NCc1ccccc1C[C@]1(C(=O)NNCCc2cccc(Cl)c2)N=C(c2ccc(OCCCO)cc2)O[C@H]1c1ccccc1. The molecule has 10 nitrogen and oxygen atoms in total. The number of hydrogen-bond donors (Lipinski definition) is 3. The van der Waals surface area contributed by atoms with Gasteiger partial charge in [0.15, 0.2) is 11.6 Å². The van der Waals surface area contributed by atoms with Crippen molar-refractivity contribution in [3.8, 4) is 5.75 Å². The van der Waals surface area contributed by atoms with E-state index in [1.54, 1.807) is 0 Å². The van der Waals surface area contributed by atoms with Crippen molar-refractivity contribution < 1.29 is 19.4 Å². The first-order chi connectivity index (χ1) is 22.5. The fourth-order valence-corrected chi connectivity index (χ4v) is 5.56. The molecule has 2 atom stereocenters. The fraction of sp³-hybridized carbons (Fsp3) is 0.257. The maximum absolute atomic E-state index is 14.4. The average molecular weight is 639 g/mol. The Morgan fingerprint density at radius 2 is 1.78 bits per heavy atom. The Hall–Kier alpha value is -4.86. The molecule has 0 radical (unpaired) electrons. The fourth-order valence-electron chi connectivity index (χ4n) is 5.34. The lowest BCUT2D eigenvalue weighted by Crippen LogP contribution is -2.54. The van der Waals surface area contributed by atoms with Crippen LogP contribution in [0.1, 0.15) is 40.3 Å². The molecule has 0 saturated heterocycles. The summed E-state index contributed by atoms with van der Waals surface area (Å²) in [7, 11) is 0. The quantitative estimate of drug-likeness (QED) is 0.0462. The number of aliphatic imine (C=N–C) groups is 1. The largest absolute Gasteiger partial charge is 0.494 e. The van der Waals surface area contributed by atoms with Crippen molar-refractivity contribution in [2.24, 2.45) is 10.1 Å². The van der Waals surface area contributed by atoms with E-state index in [-0.39, 0.29) is 25.5 Å². The zero-order chi connectivity index (χ0) is 32.2. The molecule has 0 spiro atoms. The number of hydrazine groups is 1. The van der Waals surface area contributed by atoms with Crippen LogP contribution in [0.4, 0.5) is 0 Å². The third-order valence-electron chi connectivity index (χ3n) is 7.64. The van der Waals surface area contributed by atoms with Gasteiger partial charge in [-0.2, -0.15) is 0 Å². The first kappa shape index (κ1) is 32.5. The molecule has 0 aromatic heterocycles. The molecule has 0 unspecified atom stereocenters. The van der Waals surface area contributed by atoms with Gasteiger partial charge in [-0.05, 0) is 70.6 Å². The number of rotatable bonds is 15. The maximum Gasteiger partial charge on any atom is 0.266 e. The number of amides is 1. The van der Waals surface area contributed by atoms with Gasteiger partial charge in [0, 0.05) is 41.5 Å². The molecular weight excluding hydrogens is 604 g/mol. The topological polar surface area (TPSA) is 141 Å². The van der Waals surface area contributed by atoms with Crippen LogP contribution in [0.25, 0.3) is 10.4 Å². The molecular formula is C35H35ClN6O4. The van der Waals surface area contributed by atoms with E-state index >= 15 is 0 Å². The number of aliphatic hydroxyl groups excluding tert-OH is 1. The van der Waals surface area contributed by atoms with Gasteiger partial charge in [-0.15, -0.1) is 0 Å². The van der Waals surface area contributed by atoms with Crippen LogP contribution in [-0.2, 0) is 28.9 Å². The Labute approximate surface area is 272 Å². The van der Waals surface area contributed by atoms with E-state index in [4.69, 9.17) is 36.7 Å². The Morgan fingerprint density at radius 3 is 2.52 bits per heavy atom. The predicted octanol–water partition coefficient (Wildman–Crippen LogP) is 6.27. The average Bonchev–Trinajstić information content (AvgIpc) is 3.47. The molecule has 1 amide bonds. The Balaban J connectivity index is 1.50. The van der Waals surface area contributed by atoms with Crippen LogP contribution in [0.3, 0.4) is 0 Å². The highest BCUT2D eigenvalue weighted by Crippen LogP contribution is 2.43. The second-order valence-corrected chi connectivity index (χ2v) is 11.2. The summed E-state index contributed by atoms with van der Waals surface area (Å²) >= 11 is 6.15. The summed E-state index contributed by atoms with van der Waals surface area (Å²) in [6.07, 6.45) is 0.578. The van der Waals surface area contributed by atoms with Gasteiger partial charge in [0.25, 0.3) is 5.91 Å². The van der Waals surface area contributed by atoms with E-state index in [1.165, 1.54) is 0 Å². The second kappa shape index (κ2) is 15.9. The number of ether oxygens (including phenoxy) is 2. The number of halogens is 1. The Kier molecular flexibility index (Phi) is 11.3. The molecule has 1 aliphatic heterocycles. The summed E-state index contributed by atoms with van der Waals surface area (Å²) in [5, 5.41) is 13.5. The first-order valence-electron chi connectivity index (χ1n) is 15.0. The monoisotopic (exact) mass is 638 g/mol. The first-order valence-corrected chi connectivity index (χ1v) is 15.4. The number of azide groups is 1. The molecule has 0 aliphatic carbocycles. The molecule has 4 aromatic carbocycles. The molecule has 3 N–H and O–H groups in total. The number of nitrogens with zero attached hydrogens (tertiary/aromatic N) is 4. The molecule has 0 bridgehead atoms. The Bertz CT molecular complexity index is 1700. The highest BCUT2D eigenvalue weighted by molar-refractivity contribution is 6.30. The van der Waals surface area contributed by atoms with E-state index in [2.05, 4.69) is 20.9 Å². The minimum atomic E-state index is -1.43. The standard InChI is InChI=1S/C35H35ClN6O4/c36-30-13-6-8-25(22-30)18-19-38-41-34(44)35(23-28-11-4-5-12-29(28)24-39-42-37)32(26-9-2-1-3-10-26)46-33(40-35)27-14-16-31(17-15-27)45-21-7-20-43/h1-6,8-17,22,32,38,43H,7,18-21,23-24H2,(H,41,44)/t32-,35-/m0/s1. The minimum Gasteiger partial charge on any atom is -0.494 e. The van der Waals surface area contributed by atoms with E-state index < -0.39 is 11.6 Å². The smallest absolute Gasteiger partial charge is 0.266 e. The summed E-state index contributed by atoms with van der Waals surface area (Å²) in [6.45, 7) is 1.04. The van der Waals surface area contributed by atoms with Crippen LogP contribution in [0.5, 0.6) is 5.75 Å². The van der Waals surface area contributed by atoms with Crippen LogP contribution in [0.15, 0.2) is 113 Å². The second-order valence-electron chi connectivity index (χ2n) is 10.8. The molecule has 0 saturated carbocycles. The van der Waals surface area contributed by atoms with Crippen LogP contribution in [0, 0.1) is 0 Å². The van der Waals surface area contributed by atoms with Gasteiger partial charge in [-0.25, -0.2) is 10.4 Å². The van der Waals surface area contributed by atoms with Gasteiger partial charge in [0.1, 0.15) is 5.75 Å². The van der Waals surface area contributed by atoms with E-state index in [0.717, 1.165) is 22.3 Å². The molecule has 11 heteroatoms. The van der Waals surface area contributed by atoms with E-state index in [9.17, 15) is 4.79 Å². The van der Waals surface area contributed by atoms with Gasteiger partial charge >= 0.3 is 0 Å². The lowest BCUT2D eigenvalue weighted by atomic mass is 9.81. The highest BCUT2D eigenvalue weighted by atomic mass is 35.5. The number of benzene rings is 4. The van der Waals surface area contributed by atoms with Crippen LogP contribution >= 0.6 is 11.6 Å². The molecule has 4 aromatic rings. The van der Waals surface area contributed by atoms with E-state index in [0.29, 0.717) is 48.2 Å². The van der Waals surface area contributed by atoms with Crippen molar-refractivity contribution in [1.29, 1.82) is 0 Å². The lowest BCUT2D eigenvalue weighted by Gasteiger charge is -2.31. The predicted molar refractivity (Wildman–Crippen MR) is 177 cm³/mol. The molecule has 1 aliphatic rings. The molecule has 236 valence electrons. The summed E-state index contributed by atoms with van der Waals surface area (Å²) in [6, 6.07) is 32.0. The van der Waals surface area contributed by atoms with Gasteiger partial charge in [-0.3, -0.25) is 10.2 Å². The molecule has 46 heavy (non-hydrogen) atoms. The number of carbonyl (C=O) groups excluding carboxylic acids is 1. The van der Waals surface area contributed by atoms with Gasteiger partial charge in [-0.1, -0.05) is 83.4 Å². The minimum absolute atomic E-state index is 0.0508. The summed E-state index contributed by atoms with van der Waals surface area (Å²) < 4.78 is 12.3. The summed E-state index contributed by atoms with van der Waals surface area (Å²) in [5.41, 5.74) is 17.7. The van der Waals surface area contributed by atoms with Crippen LogP contribution in [0.2, 0.25) is 5.02 Å². The zero-order valence-electron chi connectivity index (χ0n) is 25.2. The number of carbonyl (C=O) groups is 1. The third-order valence-corrected chi connectivity index (χ3v) is 7.88. The van der Waals surface area contributed by atoms with Crippen molar-refractivity contribution in [2.45, 2.75) is 37.5 Å². The summed E-state index contributed by atoms with van der Waals surface area (Å²) in [5.74, 6) is 0.595. The molecule has 1 heterocycles. The van der Waals surface area contributed by atoms with Crippen molar-refractivity contribution >= 4 is 23.4 Å². The van der Waals surface area contributed by atoms with Gasteiger partial charge < -0.3 is 14.6 Å². The highest BCUT2D eigenvalue weighted by Gasteiger charge is 2.53. The van der Waals surface area contributed by atoms with Crippen LogP contribution < -0.4 is 15.6 Å². The molecule has 0 fully saturated rings. The van der Waals surface area contributed by atoms with Gasteiger partial charge in [0.2, 0.25) is 5.90 Å². The normalized spacial score (nSPS) is 17.0. The number of nitrogens with one attached hydrogen (secondary N) is 2. The van der Waals surface area contributed by atoms with E-state index in [1.807, 2.05) is 103 Å². The zero-order valence-corrected chi connectivity index (χ0v) is 25.9. The number of aliphatic hydroxyl groups is 1. The maximum atomic E-state index is 14.4. The van der Waals surface area contributed by atoms with Crippen molar-refractivity contribution in [2.75, 3.05) is 19.8 Å². The van der Waals surface area contributed by atoms with Crippen molar-refractivity contribution in [3.05, 3.63) is 146 Å². The lowest BCUT2D eigenvalue weighted by molar-refractivity contribution is -0.130. The number of hydrogen-bond acceptors (Lipinski definition) is 7. The summed E-state index contributed by atoms with van der Waals surface area (Å²) in [4.78, 5) is 22.4.